The molecule has 0 bridgehead atoms. The monoisotopic (exact) mass is 519 g/mol. The minimum Gasteiger partial charge on any atom is -0.497 e. The molecule has 198 valence electrons. The maximum atomic E-state index is 12.0. The van der Waals surface area contributed by atoms with Crippen molar-refractivity contribution in [2.45, 2.75) is 27.1 Å². The van der Waals surface area contributed by atoms with E-state index < -0.39 is 12.2 Å². The van der Waals surface area contributed by atoms with E-state index in [1.807, 2.05) is 0 Å². The molecule has 3 aromatic rings. The first-order valence-electron chi connectivity index (χ1n) is 11.6. The van der Waals surface area contributed by atoms with Crippen LogP contribution in [0.25, 0.3) is 0 Å². The normalized spacial score (nSPS) is 11.4. The van der Waals surface area contributed by atoms with Crippen LogP contribution >= 0.6 is 0 Å². The third-order valence-electron chi connectivity index (χ3n) is 5.18. The van der Waals surface area contributed by atoms with E-state index in [1.54, 1.807) is 94.8 Å². The molecule has 1 heterocycles. The summed E-state index contributed by atoms with van der Waals surface area (Å²) in [7, 11) is 3.16. The summed E-state index contributed by atoms with van der Waals surface area (Å²) in [4.78, 5) is 28.5. The Labute approximate surface area is 220 Å². The van der Waals surface area contributed by atoms with E-state index in [0.29, 0.717) is 34.3 Å². The maximum absolute atomic E-state index is 12.0. The van der Waals surface area contributed by atoms with E-state index in [0.717, 1.165) is 11.1 Å². The molecule has 3 rings (SSSR count). The van der Waals surface area contributed by atoms with E-state index in [-0.39, 0.29) is 13.2 Å². The van der Waals surface area contributed by atoms with Crippen molar-refractivity contribution in [3.63, 3.8) is 0 Å². The van der Waals surface area contributed by atoms with Crippen molar-refractivity contribution in [1.29, 1.82) is 0 Å². The average molecular weight is 520 g/mol. The van der Waals surface area contributed by atoms with Gasteiger partial charge in [-0.3, -0.25) is 0 Å². The molecule has 0 atom stereocenters. The minimum absolute atomic E-state index is 0.0866. The van der Waals surface area contributed by atoms with Crippen LogP contribution in [0.15, 0.2) is 76.9 Å². The van der Waals surface area contributed by atoms with Gasteiger partial charge >= 0.3 is 12.2 Å². The van der Waals surface area contributed by atoms with Gasteiger partial charge in [0.2, 0.25) is 0 Å². The number of rotatable bonds is 10. The van der Waals surface area contributed by atoms with Crippen molar-refractivity contribution >= 4 is 23.6 Å². The van der Waals surface area contributed by atoms with Crippen molar-refractivity contribution in [3.8, 4) is 11.5 Å². The zero-order valence-corrected chi connectivity index (χ0v) is 21.6. The number of carbonyl (C=O) groups is 2. The third kappa shape index (κ3) is 8.63. The number of hydrogen-bond donors (Lipinski definition) is 2. The molecule has 38 heavy (non-hydrogen) atoms. The molecule has 0 aliphatic carbocycles. The summed E-state index contributed by atoms with van der Waals surface area (Å²) in [5.41, 5.74) is 8.24. The van der Waals surface area contributed by atoms with Crippen LogP contribution in [0.5, 0.6) is 11.5 Å². The van der Waals surface area contributed by atoms with Crippen LogP contribution in [-0.4, -0.2) is 42.8 Å². The second-order valence-electron chi connectivity index (χ2n) is 7.87. The molecule has 0 fully saturated rings. The van der Waals surface area contributed by atoms with E-state index >= 15 is 0 Å². The van der Waals surface area contributed by atoms with Crippen LogP contribution in [0.4, 0.5) is 9.59 Å². The van der Waals surface area contributed by atoms with E-state index in [1.165, 1.54) is 0 Å². The van der Waals surface area contributed by atoms with Crippen LogP contribution in [0.3, 0.4) is 0 Å². The molecule has 0 saturated heterocycles. The molecule has 11 nitrogen and oxygen atoms in total. The topological polar surface area (TPSA) is 133 Å². The number of pyridine rings is 1. The van der Waals surface area contributed by atoms with Crippen molar-refractivity contribution in [3.05, 3.63) is 89.2 Å². The van der Waals surface area contributed by atoms with Gasteiger partial charge in [0, 0.05) is 0 Å². The zero-order valence-electron chi connectivity index (χ0n) is 21.6. The second kappa shape index (κ2) is 14.0. The molecular weight excluding hydrogens is 490 g/mol. The number of hydrogen-bond acceptors (Lipinski definition) is 9. The lowest BCUT2D eigenvalue weighted by molar-refractivity contribution is 0.139. The van der Waals surface area contributed by atoms with Gasteiger partial charge in [0.05, 0.1) is 37.0 Å². The van der Waals surface area contributed by atoms with Crippen molar-refractivity contribution in [2.24, 2.45) is 10.2 Å². The van der Waals surface area contributed by atoms with Crippen molar-refractivity contribution < 1.29 is 28.5 Å². The fourth-order valence-electron chi connectivity index (χ4n) is 3.02. The molecule has 0 saturated carbocycles. The molecule has 1 aromatic heterocycles. The highest BCUT2D eigenvalue weighted by atomic mass is 16.6. The van der Waals surface area contributed by atoms with E-state index in [2.05, 4.69) is 26.0 Å². The van der Waals surface area contributed by atoms with E-state index in [9.17, 15) is 9.59 Å². The number of aromatic nitrogens is 1. The molecule has 0 radical (unpaired) electrons. The summed E-state index contributed by atoms with van der Waals surface area (Å²) in [6.45, 7) is 3.56. The number of amides is 2. The van der Waals surface area contributed by atoms with Gasteiger partial charge in [-0.05, 0) is 61.4 Å². The number of carbonyl (C=O) groups excluding carboxylic acids is 2. The summed E-state index contributed by atoms with van der Waals surface area (Å²) in [5, 5.41) is 8.09. The first-order chi connectivity index (χ1) is 18.4. The van der Waals surface area contributed by atoms with Crippen LogP contribution in [0.2, 0.25) is 0 Å². The predicted octanol–water partition coefficient (Wildman–Crippen LogP) is 4.40. The largest absolute Gasteiger partial charge is 0.497 e. The number of benzene rings is 2. The van der Waals surface area contributed by atoms with Crippen LogP contribution in [0.1, 0.15) is 36.4 Å². The smallest absolute Gasteiger partial charge is 0.428 e. The number of methoxy groups -OCH3 is 2. The van der Waals surface area contributed by atoms with Crippen LogP contribution in [0, 0.1) is 0 Å². The Morgan fingerprint density at radius 1 is 0.684 bits per heavy atom. The van der Waals surface area contributed by atoms with Gasteiger partial charge in [-0.25, -0.2) is 25.4 Å². The molecule has 0 aliphatic heterocycles. The van der Waals surface area contributed by atoms with Crippen LogP contribution < -0.4 is 20.3 Å². The van der Waals surface area contributed by atoms with E-state index in [4.69, 9.17) is 18.9 Å². The Kier molecular flexibility index (Phi) is 10.2. The highest BCUT2D eigenvalue weighted by Gasteiger charge is 2.08. The predicted molar refractivity (Wildman–Crippen MR) is 141 cm³/mol. The van der Waals surface area contributed by atoms with Gasteiger partial charge in [0.15, 0.2) is 0 Å². The first-order valence-corrected chi connectivity index (χ1v) is 11.6. The first kappa shape index (κ1) is 27.7. The fraction of sp³-hybridized carbons (Fsp3) is 0.222. The molecular formula is C27H29N5O6. The molecule has 0 unspecified atom stereocenters. The number of nitrogens with one attached hydrogen (secondary N) is 2. The lowest BCUT2D eigenvalue weighted by atomic mass is 10.2. The summed E-state index contributed by atoms with van der Waals surface area (Å²) in [6, 6.07) is 19.6. The molecule has 0 spiro atoms. The Hall–Kier alpha value is -4.93. The van der Waals surface area contributed by atoms with Gasteiger partial charge in [-0.15, -0.1) is 0 Å². The summed E-state index contributed by atoms with van der Waals surface area (Å²) >= 11 is 0. The quantitative estimate of drug-likeness (QED) is 0.300. The molecule has 11 heteroatoms. The molecule has 2 aromatic carbocycles. The SMILES string of the molecule is COc1ccc(COC(=O)N/N=C(\C)c2cccc(/C(C)=N/NC(=O)OCc3ccc(OC)cc3)n2)cc1. The number of nitrogens with zero attached hydrogens (tertiary/aromatic N) is 3. The zero-order chi connectivity index (χ0) is 27.3. The molecule has 0 aliphatic rings. The average Bonchev–Trinajstić information content (AvgIpc) is 2.97. The number of hydrazone groups is 2. The second-order valence-corrected chi connectivity index (χ2v) is 7.87. The fourth-order valence-corrected chi connectivity index (χ4v) is 3.02. The lowest BCUT2D eigenvalue weighted by Crippen LogP contribution is -2.21. The highest BCUT2D eigenvalue weighted by Crippen LogP contribution is 2.13. The Balaban J connectivity index is 1.49. The third-order valence-corrected chi connectivity index (χ3v) is 5.18. The van der Waals surface area contributed by atoms with Crippen molar-refractivity contribution in [1.82, 2.24) is 15.8 Å². The lowest BCUT2D eigenvalue weighted by Gasteiger charge is -2.07. The van der Waals surface area contributed by atoms with Gasteiger partial charge in [-0.2, -0.15) is 10.2 Å². The summed E-state index contributed by atoms with van der Waals surface area (Å²) < 4.78 is 20.5. The van der Waals surface area contributed by atoms with Gasteiger partial charge in [0.25, 0.3) is 0 Å². The summed E-state index contributed by atoms with van der Waals surface area (Å²) in [6.07, 6.45) is -1.40. The molecule has 2 amide bonds. The van der Waals surface area contributed by atoms with Gasteiger partial charge in [0.1, 0.15) is 24.7 Å². The van der Waals surface area contributed by atoms with Crippen LogP contribution in [-0.2, 0) is 22.7 Å². The van der Waals surface area contributed by atoms with Crippen molar-refractivity contribution in [2.75, 3.05) is 14.2 Å². The Morgan fingerprint density at radius 2 is 1.08 bits per heavy atom. The maximum Gasteiger partial charge on any atom is 0.428 e. The standard InChI is InChI=1S/C27H29N5O6/c1-18(29-31-26(33)37-16-20-8-12-22(35-3)13-9-20)24-6-5-7-25(28-24)19(2)30-32-27(34)38-17-21-10-14-23(36-4)15-11-21/h5-15H,16-17H2,1-4H3,(H,31,33)(H,32,34)/b29-18+,30-19+. The molecule has 2 N–H and O–H groups in total. The summed E-state index contributed by atoms with van der Waals surface area (Å²) in [5.74, 6) is 1.43. The van der Waals surface area contributed by atoms with Gasteiger partial charge in [-0.1, -0.05) is 30.3 Å². The Bertz CT molecular complexity index is 1190. The highest BCUT2D eigenvalue weighted by molar-refractivity contribution is 6.01. The van der Waals surface area contributed by atoms with Gasteiger partial charge < -0.3 is 18.9 Å². The number of ether oxygens (including phenoxy) is 4. The minimum atomic E-state index is -0.702. The Morgan fingerprint density at radius 3 is 1.45 bits per heavy atom.